The molecule has 10 heteroatoms. The van der Waals surface area contributed by atoms with E-state index in [2.05, 4.69) is 0 Å². The van der Waals surface area contributed by atoms with Crippen LogP contribution in [0, 0.1) is 0 Å². The number of nitrogens with zero attached hydrogens (tertiary/aromatic N) is 1. The van der Waals surface area contributed by atoms with Gasteiger partial charge in [-0.25, -0.2) is 4.79 Å². The van der Waals surface area contributed by atoms with E-state index in [4.69, 9.17) is 20.2 Å². The number of carbonyl (C=O) groups is 2. The highest BCUT2D eigenvalue weighted by atomic mass is 16.5. The maximum Gasteiger partial charge on any atom is 0.526 e. The van der Waals surface area contributed by atoms with Crippen LogP contribution in [0.5, 0.6) is 11.5 Å². The van der Waals surface area contributed by atoms with Crippen LogP contribution < -0.4 is 15.1 Å². The van der Waals surface area contributed by atoms with Crippen molar-refractivity contribution in [3.8, 4) is 11.5 Å². The second-order valence-electron chi connectivity index (χ2n) is 7.83. The molecule has 1 saturated heterocycles. The average Bonchev–Trinajstić information content (AvgIpc) is 3.33. The van der Waals surface area contributed by atoms with Crippen LogP contribution in [0.15, 0.2) is 12.1 Å². The van der Waals surface area contributed by atoms with Crippen molar-refractivity contribution in [2.75, 3.05) is 19.6 Å². The first kappa shape index (κ1) is 18.1. The molecule has 0 radical (unpaired) electrons. The average molecular weight is 376 g/mol. The molecule has 1 aliphatic carbocycles. The minimum Gasteiger partial charge on any atom is -0.535 e. The van der Waals surface area contributed by atoms with Gasteiger partial charge in [-0.3, -0.25) is 9.69 Å². The van der Waals surface area contributed by atoms with E-state index in [1.807, 2.05) is 4.90 Å². The fourth-order valence-corrected chi connectivity index (χ4v) is 3.83. The number of carboxylic acid groups (broad SMARTS) is 2. The molecule has 2 aliphatic heterocycles. The van der Waals surface area contributed by atoms with Gasteiger partial charge in [-0.1, -0.05) is 6.07 Å². The van der Waals surface area contributed by atoms with Gasteiger partial charge in [0.25, 0.3) is 0 Å². The molecule has 3 aliphatic rings. The Kier molecular flexibility index (Phi) is 4.10. The van der Waals surface area contributed by atoms with Gasteiger partial charge in [0.05, 0.1) is 0 Å². The summed E-state index contributed by atoms with van der Waals surface area (Å²) >= 11 is 0. The van der Waals surface area contributed by atoms with Crippen LogP contribution in [-0.4, -0.2) is 70.5 Å². The number of carboxylic acids is 2. The molecule has 2 fully saturated rings. The van der Waals surface area contributed by atoms with E-state index in [9.17, 15) is 19.7 Å². The molecule has 2 heterocycles. The second kappa shape index (κ2) is 6.11. The van der Waals surface area contributed by atoms with E-state index in [1.165, 1.54) is 6.92 Å². The summed E-state index contributed by atoms with van der Waals surface area (Å²) in [4.78, 5) is 24.7. The van der Waals surface area contributed by atoms with Crippen LogP contribution in [0.2, 0.25) is 5.82 Å². The smallest absolute Gasteiger partial charge is 0.526 e. The molecule has 1 aromatic carbocycles. The van der Waals surface area contributed by atoms with Crippen molar-refractivity contribution in [2.45, 2.75) is 36.7 Å². The van der Waals surface area contributed by atoms with Crippen molar-refractivity contribution in [3.05, 3.63) is 23.3 Å². The topological polar surface area (TPSA) is 143 Å². The Hall–Kier alpha value is -2.30. The summed E-state index contributed by atoms with van der Waals surface area (Å²) < 4.78 is 11.3. The number of nitrogens with two attached hydrogens (primary N) is 1. The highest BCUT2D eigenvalue weighted by Gasteiger charge is 2.54. The lowest BCUT2D eigenvalue weighted by Gasteiger charge is -2.42. The molecular formula is C17H21BN2O7. The van der Waals surface area contributed by atoms with Crippen molar-refractivity contribution >= 4 is 19.1 Å². The predicted octanol–water partition coefficient (Wildman–Crippen LogP) is -0.0198. The molecule has 1 saturated carbocycles. The van der Waals surface area contributed by atoms with Gasteiger partial charge in [-0.15, -0.1) is 0 Å². The van der Waals surface area contributed by atoms with Crippen LogP contribution >= 0.6 is 0 Å². The molecule has 2 unspecified atom stereocenters. The second-order valence-corrected chi connectivity index (χ2v) is 7.83. The van der Waals surface area contributed by atoms with Crippen LogP contribution in [0.1, 0.15) is 35.2 Å². The number of fused-ring (bicyclic) bond motifs is 3. The Morgan fingerprint density at radius 1 is 1.41 bits per heavy atom. The maximum absolute atomic E-state index is 11.8. The number of hydrogen-bond acceptors (Lipinski definition) is 7. The fraction of sp³-hybridized carbons (Fsp3) is 0.529. The first-order valence-electron chi connectivity index (χ1n) is 8.83. The highest BCUT2D eigenvalue weighted by Crippen LogP contribution is 2.60. The summed E-state index contributed by atoms with van der Waals surface area (Å²) in [5.41, 5.74) is 5.10. The number of aromatic carboxylic acids is 1. The molecule has 3 atom stereocenters. The number of likely N-dealkylation sites (tertiary alicyclic amines) is 1. The van der Waals surface area contributed by atoms with Crippen molar-refractivity contribution in [1.29, 1.82) is 0 Å². The number of hydrogen-bond donors (Lipinski definition) is 4. The van der Waals surface area contributed by atoms with Crippen LogP contribution in [0.4, 0.5) is 0 Å². The van der Waals surface area contributed by atoms with E-state index in [-0.39, 0.29) is 41.4 Å². The lowest BCUT2D eigenvalue weighted by Crippen LogP contribution is -2.62. The summed E-state index contributed by atoms with van der Waals surface area (Å²) in [6, 6.07) is 3.43. The van der Waals surface area contributed by atoms with E-state index >= 15 is 0 Å². The molecule has 0 amide bonds. The Bertz CT molecular complexity index is 809. The zero-order valence-electron chi connectivity index (χ0n) is 14.8. The van der Waals surface area contributed by atoms with Gasteiger partial charge in [-0.2, -0.15) is 0 Å². The van der Waals surface area contributed by atoms with Crippen LogP contribution in [0.25, 0.3) is 0 Å². The highest BCUT2D eigenvalue weighted by molar-refractivity contribution is 6.48. The molecule has 5 N–H and O–H groups in total. The number of aliphatic carboxylic acids is 1. The molecular weight excluding hydrogens is 355 g/mol. The van der Waals surface area contributed by atoms with Gasteiger partial charge in [0.1, 0.15) is 28.7 Å². The predicted molar refractivity (Wildman–Crippen MR) is 94.2 cm³/mol. The Morgan fingerprint density at radius 3 is 2.74 bits per heavy atom. The third kappa shape index (κ3) is 3.13. The summed E-state index contributed by atoms with van der Waals surface area (Å²) in [6.45, 7) is 2.52. The number of rotatable bonds is 6. The first-order valence-corrected chi connectivity index (χ1v) is 8.83. The fourth-order valence-electron chi connectivity index (χ4n) is 3.83. The SMILES string of the molecule is CC(N)(CN1CC(Oc2ccc3c(c2C(=O)O)OB(O)[C@@H]2CC32)C1)C(=O)O. The zero-order chi connectivity index (χ0) is 19.5. The van der Waals surface area contributed by atoms with Gasteiger partial charge in [0.2, 0.25) is 0 Å². The minimum atomic E-state index is -1.35. The lowest BCUT2D eigenvalue weighted by atomic mass is 9.77. The van der Waals surface area contributed by atoms with Crippen molar-refractivity contribution in [1.82, 2.24) is 4.90 Å². The van der Waals surface area contributed by atoms with E-state index in [0.29, 0.717) is 13.1 Å². The summed E-state index contributed by atoms with van der Waals surface area (Å²) in [6.07, 6.45) is 0.514. The lowest BCUT2D eigenvalue weighted by molar-refractivity contribution is -0.144. The normalized spacial score (nSPS) is 26.1. The number of benzene rings is 1. The van der Waals surface area contributed by atoms with Crippen molar-refractivity contribution in [2.24, 2.45) is 5.73 Å². The number of ether oxygens (including phenoxy) is 1. The Balaban J connectivity index is 1.47. The van der Waals surface area contributed by atoms with Crippen LogP contribution in [-0.2, 0) is 4.79 Å². The molecule has 1 aromatic rings. The summed E-state index contributed by atoms with van der Waals surface area (Å²) in [5.74, 6) is -1.72. The molecule has 9 nitrogen and oxygen atoms in total. The van der Waals surface area contributed by atoms with Gasteiger partial charge < -0.3 is 30.4 Å². The zero-order valence-corrected chi connectivity index (χ0v) is 14.8. The molecule has 27 heavy (non-hydrogen) atoms. The maximum atomic E-state index is 11.8. The van der Waals surface area contributed by atoms with E-state index in [1.54, 1.807) is 12.1 Å². The molecule has 0 spiro atoms. The minimum absolute atomic E-state index is 0.0333. The monoisotopic (exact) mass is 376 g/mol. The standard InChI is InChI=1S/C17H21BN2O7/c1-17(19,16(23)24)7-20-5-8(6-20)26-12-3-2-9-10-4-11(10)18(25)27-14(9)13(12)15(21)22/h2-3,8,10-11,25H,4-7,19H2,1H3,(H,21,22)(H,23,24)/t10?,11-,17?/m1/s1. The Labute approximate surface area is 155 Å². The van der Waals surface area contributed by atoms with Crippen molar-refractivity contribution < 1.29 is 34.2 Å². The van der Waals surface area contributed by atoms with Gasteiger partial charge in [-0.05, 0) is 30.9 Å². The quantitative estimate of drug-likeness (QED) is 0.504. The third-order valence-corrected chi connectivity index (χ3v) is 5.47. The largest absolute Gasteiger partial charge is 0.535 e. The van der Waals surface area contributed by atoms with Gasteiger partial charge in [0.15, 0.2) is 0 Å². The molecule has 0 bridgehead atoms. The first-order chi connectivity index (χ1) is 12.7. The van der Waals surface area contributed by atoms with E-state index in [0.717, 1.165) is 12.0 Å². The van der Waals surface area contributed by atoms with E-state index < -0.39 is 24.6 Å². The van der Waals surface area contributed by atoms with Crippen LogP contribution in [0.3, 0.4) is 0 Å². The summed E-state index contributed by atoms with van der Waals surface area (Å²) in [7, 11) is -0.992. The van der Waals surface area contributed by atoms with Gasteiger partial charge >= 0.3 is 19.1 Å². The molecule has 144 valence electrons. The summed E-state index contributed by atoms with van der Waals surface area (Å²) in [5, 5.41) is 28.7. The molecule has 0 aromatic heterocycles. The third-order valence-electron chi connectivity index (χ3n) is 5.47. The van der Waals surface area contributed by atoms with Crippen molar-refractivity contribution in [3.63, 3.8) is 0 Å². The molecule has 4 rings (SSSR count). The Morgan fingerprint density at radius 2 is 2.11 bits per heavy atom. The van der Waals surface area contributed by atoms with Gasteiger partial charge in [0, 0.05) is 25.5 Å².